The van der Waals surface area contributed by atoms with Gasteiger partial charge in [-0.25, -0.2) is 13.2 Å². The molecule has 3 amide bonds. The molecule has 0 atom stereocenters. The van der Waals surface area contributed by atoms with Crippen LogP contribution in [0, 0.1) is 0 Å². The monoisotopic (exact) mass is 459 g/mol. The number of benzene rings is 2. The van der Waals surface area contributed by atoms with Gasteiger partial charge < -0.3 is 19.9 Å². The van der Waals surface area contributed by atoms with Crippen LogP contribution in [0.3, 0.4) is 0 Å². The molecule has 1 aliphatic rings. The molecule has 0 aromatic heterocycles. The SMILES string of the molecule is CCOC(=O)N1CCN(C(=O)c2ccccc2NC(=O)CS(=O)(=O)c2ccccc2)CC1. The van der Waals surface area contributed by atoms with Crippen molar-refractivity contribution in [1.82, 2.24) is 9.80 Å². The second kappa shape index (κ2) is 10.3. The number of amides is 3. The lowest BCUT2D eigenvalue weighted by Gasteiger charge is -2.34. The molecule has 0 spiro atoms. The van der Waals surface area contributed by atoms with Gasteiger partial charge in [0, 0.05) is 26.2 Å². The van der Waals surface area contributed by atoms with E-state index in [9.17, 15) is 22.8 Å². The predicted molar refractivity (Wildman–Crippen MR) is 118 cm³/mol. The summed E-state index contributed by atoms with van der Waals surface area (Å²) in [6.07, 6.45) is -0.410. The lowest BCUT2D eigenvalue weighted by Crippen LogP contribution is -2.50. The van der Waals surface area contributed by atoms with Crippen molar-refractivity contribution in [1.29, 1.82) is 0 Å². The van der Waals surface area contributed by atoms with Gasteiger partial charge in [0.1, 0.15) is 5.75 Å². The van der Waals surface area contributed by atoms with Crippen molar-refractivity contribution in [3.05, 3.63) is 60.2 Å². The number of carbonyl (C=O) groups is 3. The molecule has 0 bridgehead atoms. The summed E-state index contributed by atoms with van der Waals surface area (Å²) >= 11 is 0. The number of nitrogens with zero attached hydrogens (tertiary/aromatic N) is 2. The summed E-state index contributed by atoms with van der Waals surface area (Å²) in [5, 5.41) is 2.55. The van der Waals surface area contributed by atoms with E-state index in [2.05, 4.69) is 5.32 Å². The average molecular weight is 460 g/mol. The molecule has 2 aromatic rings. The van der Waals surface area contributed by atoms with Crippen LogP contribution in [-0.2, 0) is 19.4 Å². The number of piperazine rings is 1. The van der Waals surface area contributed by atoms with E-state index >= 15 is 0 Å². The molecule has 10 heteroatoms. The number of anilines is 1. The Morgan fingerprint density at radius 1 is 0.906 bits per heavy atom. The third kappa shape index (κ3) is 5.64. The zero-order valence-corrected chi connectivity index (χ0v) is 18.5. The fourth-order valence-corrected chi connectivity index (χ4v) is 4.48. The topological polar surface area (TPSA) is 113 Å². The minimum absolute atomic E-state index is 0.0546. The molecule has 170 valence electrons. The molecule has 3 rings (SSSR count). The van der Waals surface area contributed by atoms with Gasteiger partial charge in [0.25, 0.3) is 5.91 Å². The van der Waals surface area contributed by atoms with Gasteiger partial charge in [-0.05, 0) is 31.2 Å². The van der Waals surface area contributed by atoms with E-state index in [4.69, 9.17) is 4.74 Å². The van der Waals surface area contributed by atoms with Crippen LogP contribution >= 0.6 is 0 Å². The van der Waals surface area contributed by atoms with Crippen LogP contribution in [0.1, 0.15) is 17.3 Å². The summed E-state index contributed by atoms with van der Waals surface area (Å²) in [6.45, 7) is 3.34. The van der Waals surface area contributed by atoms with E-state index in [0.717, 1.165) is 0 Å². The van der Waals surface area contributed by atoms with Gasteiger partial charge in [-0.3, -0.25) is 9.59 Å². The molecule has 32 heavy (non-hydrogen) atoms. The highest BCUT2D eigenvalue weighted by Gasteiger charge is 2.27. The Morgan fingerprint density at radius 2 is 1.50 bits per heavy atom. The molecule has 0 aliphatic carbocycles. The maximum Gasteiger partial charge on any atom is 0.409 e. The van der Waals surface area contributed by atoms with Crippen molar-refractivity contribution in [2.75, 3.05) is 43.9 Å². The minimum Gasteiger partial charge on any atom is -0.450 e. The smallest absolute Gasteiger partial charge is 0.409 e. The zero-order valence-electron chi connectivity index (χ0n) is 17.7. The summed E-state index contributed by atoms with van der Waals surface area (Å²) < 4.78 is 29.9. The molecule has 1 aliphatic heterocycles. The zero-order chi connectivity index (χ0) is 23.1. The minimum atomic E-state index is -3.81. The predicted octanol–water partition coefficient (Wildman–Crippen LogP) is 2.01. The summed E-state index contributed by atoms with van der Waals surface area (Å²) in [7, 11) is -3.81. The first kappa shape index (κ1) is 23.3. The van der Waals surface area contributed by atoms with E-state index in [1.165, 1.54) is 17.0 Å². The molecule has 0 saturated carbocycles. The molecule has 1 N–H and O–H groups in total. The standard InChI is InChI=1S/C22H25N3O6S/c1-2-31-22(28)25-14-12-24(13-15-25)21(27)18-10-6-7-11-19(18)23-20(26)16-32(29,30)17-8-4-3-5-9-17/h3-11H,2,12-16H2,1H3,(H,23,26). The van der Waals surface area contributed by atoms with E-state index in [1.54, 1.807) is 54.3 Å². The molecule has 1 fully saturated rings. The Balaban J connectivity index is 1.66. The van der Waals surface area contributed by atoms with Gasteiger partial charge in [0.15, 0.2) is 9.84 Å². The number of ether oxygens (including phenoxy) is 1. The Labute approximate surface area is 186 Å². The second-order valence-electron chi connectivity index (χ2n) is 7.14. The van der Waals surface area contributed by atoms with Crippen molar-refractivity contribution in [3.8, 4) is 0 Å². The first-order valence-electron chi connectivity index (χ1n) is 10.2. The fourth-order valence-electron chi connectivity index (χ4n) is 3.33. The highest BCUT2D eigenvalue weighted by molar-refractivity contribution is 7.92. The highest BCUT2D eigenvalue weighted by atomic mass is 32.2. The molecular formula is C22H25N3O6S. The van der Waals surface area contributed by atoms with Crippen LogP contribution in [0.25, 0.3) is 0 Å². The Bertz CT molecular complexity index is 1080. The molecule has 0 radical (unpaired) electrons. The van der Waals surface area contributed by atoms with Gasteiger partial charge in [0.2, 0.25) is 5.91 Å². The van der Waals surface area contributed by atoms with Crippen molar-refractivity contribution >= 4 is 33.4 Å². The first-order valence-corrected chi connectivity index (χ1v) is 11.8. The molecule has 9 nitrogen and oxygen atoms in total. The van der Waals surface area contributed by atoms with Crippen LogP contribution < -0.4 is 5.32 Å². The lowest BCUT2D eigenvalue weighted by molar-refractivity contribution is -0.113. The number of hydrogen-bond acceptors (Lipinski definition) is 6. The molecule has 0 unspecified atom stereocenters. The summed E-state index contributed by atoms with van der Waals surface area (Å²) in [5.74, 6) is -1.78. The quantitative estimate of drug-likeness (QED) is 0.707. The average Bonchev–Trinajstić information content (AvgIpc) is 2.79. The highest BCUT2D eigenvalue weighted by Crippen LogP contribution is 2.19. The summed E-state index contributed by atoms with van der Waals surface area (Å²) in [5.41, 5.74) is 0.487. The van der Waals surface area contributed by atoms with Crippen molar-refractivity contribution < 1.29 is 27.5 Å². The number of carbonyl (C=O) groups excluding carboxylic acids is 3. The first-order chi connectivity index (χ1) is 15.3. The Kier molecular flexibility index (Phi) is 7.47. The molecule has 2 aromatic carbocycles. The van der Waals surface area contributed by atoms with Crippen LogP contribution in [0.4, 0.5) is 10.5 Å². The van der Waals surface area contributed by atoms with E-state index in [-0.39, 0.29) is 28.7 Å². The summed E-state index contributed by atoms with van der Waals surface area (Å²) in [4.78, 5) is 40.5. The van der Waals surface area contributed by atoms with Crippen molar-refractivity contribution in [2.24, 2.45) is 0 Å². The molecular weight excluding hydrogens is 434 g/mol. The third-order valence-corrected chi connectivity index (χ3v) is 6.58. The van der Waals surface area contributed by atoms with Gasteiger partial charge in [-0.1, -0.05) is 30.3 Å². The van der Waals surface area contributed by atoms with Crippen LogP contribution in [0.5, 0.6) is 0 Å². The van der Waals surface area contributed by atoms with E-state index in [1.807, 2.05) is 0 Å². The van der Waals surface area contributed by atoms with Gasteiger partial charge in [0.05, 0.1) is 22.8 Å². The van der Waals surface area contributed by atoms with Gasteiger partial charge >= 0.3 is 6.09 Å². The molecule has 1 saturated heterocycles. The Morgan fingerprint density at radius 3 is 2.16 bits per heavy atom. The lowest BCUT2D eigenvalue weighted by atomic mass is 10.1. The van der Waals surface area contributed by atoms with Crippen LogP contribution in [0.2, 0.25) is 0 Å². The second-order valence-corrected chi connectivity index (χ2v) is 9.13. The maximum atomic E-state index is 13.0. The normalized spacial score (nSPS) is 14.0. The number of hydrogen-bond donors (Lipinski definition) is 1. The number of nitrogens with one attached hydrogen (secondary N) is 1. The van der Waals surface area contributed by atoms with E-state index in [0.29, 0.717) is 26.2 Å². The van der Waals surface area contributed by atoms with E-state index < -0.39 is 27.6 Å². The van der Waals surface area contributed by atoms with Crippen molar-refractivity contribution in [3.63, 3.8) is 0 Å². The van der Waals surface area contributed by atoms with Gasteiger partial charge in [-0.2, -0.15) is 0 Å². The Hall–Kier alpha value is -3.40. The summed E-state index contributed by atoms with van der Waals surface area (Å²) in [6, 6.07) is 14.1. The van der Waals surface area contributed by atoms with Crippen LogP contribution in [0.15, 0.2) is 59.5 Å². The molecule has 1 heterocycles. The fraction of sp³-hybridized carbons (Fsp3) is 0.318. The number of sulfone groups is 1. The largest absolute Gasteiger partial charge is 0.450 e. The third-order valence-electron chi connectivity index (χ3n) is 4.95. The number of rotatable bonds is 6. The maximum absolute atomic E-state index is 13.0. The van der Waals surface area contributed by atoms with Crippen LogP contribution in [-0.4, -0.2) is 74.7 Å². The van der Waals surface area contributed by atoms with Crippen molar-refractivity contribution in [2.45, 2.75) is 11.8 Å². The van der Waals surface area contributed by atoms with Gasteiger partial charge in [-0.15, -0.1) is 0 Å². The number of para-hydroxylation sites is 1.